The van der Waals surface area contributed by atoms with E-state index in [4.69, 9.17) is 28.9 Å². The fourth-order valence-electron chi connectivity index (χ4n) is 1.58. The van der Waals surface area contributed by atoms with Crippen molar-refractivity contribution in [2.75, 3.05) is 0 Å². The van der Waals surface area contributed by atoms with Crippen LogP contribution in [0.15, 0.2) is 52.3 Å². The molecule has 4 heteroatoms. The standard InChI is InChI=1S/C14H13Cl2NS/c1-9(17)13-7-6-12(8-14(13)16)18-11-4-2-10(15)3-5-11/h2-9H,17H2,1H3. The summed E-state index contributed by atoms with van der Waals surface area (Å²) in [4.78, 5) is 2.22. The topological polar surface area (TPSA) is 26.0 Å². The van der Waals surface area contributed by atoms with E-state index in [9.17, 15) is 0 Å². The lowest BCUT2D eigenvalue weighted by Crippen LogP contribution is -2.05. The van der Waals surface area contributed by atoms with E-state index in [0.29, 0.717) is 5.02 Å². The van der Waals surface area contributed by atoms with Crippen molar-refractivity contribution in [3.63, 3.8) is 0 Å². The van der Waals surface area contributed by atoms with Crippen LogP contribution in [0.5, 0.6) is 0 Å². The van der Waals surface area contributed by atoms with Gasteiger partial charge in [0.2, 0.25) is 0 Å². The van der Waals surface area contributed by atoms with Gasteiger partial charge in [0.25, 0.3) is 0 Å². The van der Waals surface area contributed by atoms with Crippen molar-refractivity contribution >= 4 is 35.0 Å². The lowest BCUT2D eigenvalue weighted by Gasteiger charge is -2.10. The van der Waals surface area contributed by atoms with Crippen LogP contribution >= 0.6 is 35.0 Å². The first kappa shape index (κ1) is 13.8. The molecule has 2 rings (SSSR count). The quantitative estimate of drug-likeness (QED) is 0.846. The van der Waals surface area contributed by atoms with Crippen LogP contribution in [0, 0.1) is 0 Å². The van der Waals surface area contributed by atoms with Crippen LogP contribution in [0.2, 0.25) is 10.0 Å². The highest BCUT2D eigenvalue weighted by Crippen LogP contribution is 2.32. The number of benzene rings is 2. The fourth-order valence-corrected chi connectivity index (χ4v) is 2.98. The maximum absolute atomic E-state index is 6.20. The number of hydrogen-bond donors (Lipinski definition) is 1. The Labute approximate surface area is 121 Å². The molecule has 18 heavy (non-hydrogen) atoms. The number of nitrogens with two attached hydrogens (primary N) is 1. The first-order chi connectivity index (χ1) is 8.56. The molecule has 0 saturated heterocycles. The molecule has 0 amide bonds. The molecule has 2 aromatic carbocycles. The van der Waals surface area contributed by atoms with Crippen LogP contribution in [0.4, 0.5) is 0 Å². The molecular weight excluding hydrogens is 285 g/mol. The van der Waals surface area contributed by atoms with Crippen LogP contribution in [-0.2, 0) is 0 Å². The van der Waals surface area contributed by atoms with E-state index in [-0.39, 0.29) is 6.04 Å². The maximum Gasteiger partial charge on any atom is 0.0464 e. The minimum Gasteiger partial charge on any atom is -0.324 e. The Kier molecular flexibility index (Phi) is 4.57. The summed E-state index contributed by atoms with van der Waals surface area (Å²) >= 11 is 13.7. The summed E-state index contributed by atoms with van der Waals surface area (Å²) in [5.74, 6) is 0. The molecule has 0 heterocycles. The Bertz CT molecular complexity index is 538. The molecule has 0 aromatic heterocycles. The van der Waals surface area contributed by atoms with Gasteiger partial charge >= 0.3 is 0 Å². The highest BCUT2D eigenvalue weighted by molar-refractivity contribution is 7.99. The van der Waals surface area contributed by atoms with Gasteiger partial charge in [0.15, 0.2) is 0 Å². The number of hydrogen-bond acceptors (Lipinski definition) is 2. The van der Waals surface area contributed by atoms with Gasteiger partial charge in [-0.25, -0.2) is 0 Å². The largest absolute Gasteiger partial charge is 0.324 e. The molecule has 0 aliphatic heterocycles. The lowest BCUT2D eigenvalue weighted by molar-refractivity contribution is 0.817. The highest BCUT2D eigenvalue weighted by Gasteiger charge is 2.06. The first-order valence-electron chi connectivity index (χ1n) is 5.54. The first-order valence-corrected chi connectivity index (χ1v) is 7.12. The second-order valence-electron chi connectivity index (χ2n) is 4.03. The van der Waals surface area contributed by atoms with Crippen LogP contribution in [0.3, 0.4) is 0 Å². The zero-order valence-electron chi connectivity index (χ0n) is 9.86. The zero-order valence-corrected chi connectivity index (χ0v) is 12.2. The fraction of sp³-hybridized carbons (Fsp3) is 0.143. The Morgan fingerprint density at radius 2 is 1.61 bits per heavy atom. The molecule has 0 aliphatic rings. The second-order valence-corrected chi connectivity index (χ2v) is 6.02. The van der Waals surface area contributed by atoms with Crippen molar-refractivity contribution in [3.8, 4) is 0 Å². The second kappa shape index (κ2) is 5.98. The van der Waals surface area contributed by atoms with Crippen molar-refractivity contribution in [2.24, 2.45) is 5.73 Å². The summed E-state index contributed by atoms with van der Waals surface area (Å²) < 4.78 is 0. The van der Waals surface area contributed by atoms with Crippen molar-refractivity contribution in [1.29, 1.82) is 0 Å². The highest BCUT2D eigenvalue weighted by atomic mass is 35.5. The molecule has 0 fully saturated rings. The zero-order chi connectivity index (χ0) is 13.1. The van der Waals surface area contributed by atoms with Crippen LogP contribution in [-0.4, -0.2) is 0 Å². The predicted octanol–water partition coefficient (Wildman–Crippen LogP) is 5.16. The van der Waals surface area contributed by atoms with Gasteiger partial charge in [0, 0.05) is 25.9 Å². The molecule has 2 N–H and O–H groups in total. The van der Waals surface area contributed by atoms with E-state index in [0.717, 1.165) is 20.4 Å². The molecule has 2 aromatic rings. The molecule has 0 radical (unpaired) electrons. The molecule has 0 bridgehead atoms. The summed E-state index contributed by atoms with van der Waals surface area (Å²) in [5.41, 5.74) is 6.80. The minimum absolute atomic E-state index is 0.0490. The van der Waals surface area contributed by atoms with Crippen LogP contribution < -0.4 is 5.73 Å². The van der Waals surface area contributed by atoms with Crippen molar-refractivity contribution in [1.82, 2.24) is 0 Å². The molecule has 0 spiro atoms. The summed E-state index contributed by atoms with van der Waals surface area (Å²) in [6, 6.07) is 13.6. The number of rotatable bonds is 3. The summed E-state index contributed by atoms with van der Waals surface area (Å²) in [6.07, 6.45) is 0. The third-order valence-corrected chi connectivity index (χ3v) is 4.09. The maximum atomic E-state index is 6.20. The summed E-state index contributed by atoms with van der Waals surface area (Å²) in [6.45, 7) is 1.92. The Morgan fingerprint density at radius 1 is 1.00 bits per heavy atom. The molecule has 94 valence electrons. The van der Waals surface area contributed by atoms with Crippen molar-refractivity contribution < 1.29 is 0 Å². The molecule has 1 atom stereocenters. The van der Waals surface area contributed by atoms with Crippen molar-refractivity contribution in [2.45, 2.75) is 22.8 Å². The molecule has 1 unspecified atom stereocenters. The van der Waals surface area contributed by atoms with Gasteiger partial charge in [0.05, 0.1) is 0 Å². The van der Waals surface area contributed by atoms with Gasteiger partial charge in [-0.3, -0.25) is 0 Å². The Morgan fingerprint density at radius 3 is 2.17 bits per heavy atom. The average molecular weight is 298 g/mol. The lowest BCUT2D eigenvalue weighted by atomic mass is 10.1. The van der Waals surface area contributed by atoms with E-state index >= 15 is 0 Å². The van der Waals surface area contributed by atoms with E-state index in [1.54, 1.807) is 11.8 Å². The average Bonchev–Trinajstić information content (AvgIpc) is 2.32. The van der Waals surface area contributed by atoms with Crippen LogP contribution in [0.25, 0.3) is 0 Å². The van der Waals surface area contributed by atoms with Gasteiger partial charge in [-0.1, -0.05) is 41.0 Å². The van der Waals surface area contributed by atoms with E-state index in [2.05, 4.69) is 0 Å². The SMILES string of the molecule is CC(N)c1ccc(Sc2ccc(Cl)cc2)cc1Cl. The van der Waals surface area contributed by atoms with Crippen molar-refractivity contribution in [3.05, 3.63) is 58.1 Å². The smallest absolute Gasteiger partial charge is 0.0464 e. The number of halogens is 2. The monoisotopic (exact) mass is 297 g/mol. The van der Waals surface area contributed by atoms with Gasteiger partial charge in [-0.05, 0) is 48.9 Å². The molecular formula is C14H13Cl2NS. The third-order valence-electron chi connectivity index (χ3n) is 2.51. The Balaban J connectivity index is 2.20. The molecule has 1 nitrogen and oxygen atoms in total. The summed E-state index contributed by atoms with van der Waals surface area (Å²) in [5, 5.41) is 1.45. The van der Waals surface area contributed by atoms with Crippen LogP contribution in [0.1, 0.15) is 18.5 Å². The van der Waals surface area contributed by atoms with Gasteiger partial charge in [-0.15, -0.1) is 0 Å². The minimum atomic E-state index is -0.0490. The third kappa shape index (κ3) is 3.42. The van der Waals surface area contributed by atoms with E-state index in [1.807, 2.05) is 49.4 Å². The van der Waals surface area contributed by atoms with E-state index < -0.39 is 0 Å². The molecule has 0 saturated carbocycles. The van der Waals surface area contributed by atoms with Gasteiger partial charge < -0.3 is 5.73 Å². The normalized spacial score (nSPS) is 12.4. The van der Waals surface area contributed by atoms with Gasteiger partial charge in [-0.2, -0.15) is 0 Å². The molecule has 0 aliphatic carbocycles. The van der Waals surface area contributed by atoms with Gasteiger partial charge in [0.1, 0.15) is 0 Å². The Hall–Kier alpha value is -0.670. The summed E-state index contributed by atoms with van der Waals surface area (Å²) in [7, 11) is 0. The predicted molar refractivity (Wildman–Crippen MR) is 79.6 cm³/mol. The van der Waals surface area contributed by atoms with E-state index in [1.165, 1.54) is 0 Å².